The SMILES string of the molecule is CCc1nc(-c2cc(S(=O)(=O)N3CCC(C(=O)Nc4ccccc4OC)CC3)c(C)s2)no1. The van der Waals surface area contributed by atoms with E-state index in [2.05, 4.69) is 15.5 Å². The number of benzene rings is 1. The Hall–Kier alpha value is -2.76. The summed E-state index contributed by atoms with van der Waals surface area (Å²) in [4.78, 5) is 18.6. The number of nitrogens with one attached hydrogen (secondary N) is 1. The molecule has 3 heterocycles. The average Bonchev–Trinajstić information content (AvgIpc) is 3.46. The predicted octanol–water partition coefficient (Wildman–Crippen LogP) is 3.72. The zero-order valence-corrected chi connectivity index (χ0v) is 20.3. The first-order valence-corrected chi connectivity index (χ1v) is 13.0. The van der Waals surface area contributed by atoms with Crippen molar-refractivity contribution in [2.24, 2.45) is 5.92 Å². The number of amides is 1. The summed E-state index contributed by atoms with van der Waals surface area (Å²) in [5.74, 6) is 1.09. The number of aromatic nitrogens is 2. The van der Waals surface area contributed by atoms with Crippen molar-refractivity contribution >= 4 is 33.0 Å². The molecule has 1 saturated heterocycles. The Morgan fingerprint density at radius 2 is 2.03 bits per heavy atom. The molecule has 3 aromatic rings. The molecule has 0 atom stereocenters. The Bertz CT molecular complexity index is 1240. The number of piperidine rings is 1. The second-order valence-electron chi connectivity index (χ2n) is 7.76. The molecule has 1 N–H and O–H groups in total. The molecule has 176 valence electrons. The van der Waals surface area contributed by atoms with Crippen LogP contribution in [0.25, 0.3) is 10.7 Å². The third-order valence-electron chi connectivity index (χ3n) is 5.67. The lowest BCUT2D eigenvalue weighted by Gasteiger charge is -2.30. The maximum Gasteiger partial charge on any atom is 0.244 e. The average molecular weight is 491 g/mol. The number of anilines is 1. The standard InChI is InChI=1S/C22H26N4O5S2/c1-4-20-24-21(25-31-20)18-13-19(14(2)32-18)33(28,29)26-11-9-15(10-12-26)22(27)23-16-7-5-6-8-17(16)30-3/h5-8,13,15H,4,9-12H2,1-3H3,(H,23,27). The highest BCUT2D eigenvalue weighted by Gasteiger charge is 2.34. The van der Waals surface area contributed by atoms with E-state index < -0.39 is 10.0 Å². The van der Waals surface area contributed by atoms with Crippen molar-refractivity contribution in [1.82, 2.24) is 14.4 Å². The maximum atomic E-state index is 13.3. The van der Waals surface area contributed by atoms with Crippen LogP contribution < -0.4 is 10.1 Å². The first-order valence-electron chi connectivity index (χ1n) is 10.7. The molecule has 33 heavy (non-hydrogen) atoms. The van der Waals surface area contributed by atoms with Crippen LogP contribution in [-0.2, 0) is 21.2 Å². The molecule has 0 radical (unpaired) electrons. The Balaban J connectivity index is 1.43. The van der Waals surface area contributed by atoms with Gasteiger partial charge in [0.15, 0.2) is 0 Å². The molecule has 1 aliphatic heterocycles. The van der Waals surface area contributed by atoms with Crippen LogP contribution in [0.5, 0.6) is 5.75 Å². The van der Waals surface area contributed by atoms with E-state index in [1.54, 1.807) is 32.2 Å². The van der Waals surface area contributed by atoms with Crippen LogP contribution in [0.3, 0.4) is 0 Å². The number of hydrogen-bond acceptors (Lipinski definition) is 8. The number of ether oxygens (including phenoxy) is 1. The van der Waals surface area contributed by atoms with Crippen LogP contribution in [0, 0.1) is 12.8 Å². The molecule has 0 aliphatic carbocycles. The van der Waals surface area contributed by atoms with Gasteiger partial charge in [-0.15, -0.1) is 11.3 Å². The second-order valence-corrected chi connectivity index (χ2v) is 10.9. The third-order valence-corrected chi connectivity index (χ3v) is 8.87. The van der Waals surface area contributed by atoms with Crippen molar-refractivity contribution in [2.75, 3.05) is 25.5 Å². The summed E-state index contributed by atoms with van der Waals surface area (Å²) >= 11 is 1.33. The van der Waals surface area contributed by atoms with Crippen molar-refractivity contribution in [1.29, 1.82) is 0 Å². The lowest BCUT2D eigenvalue weighted by Crippen LogP contribution is -2.41. The van der Waals surface area contributed by atoms with E-state index in [9.17, 15) is 13.2 Å². The highest BCUT2D eigenvalue weighted by Crippen LogP contribution is 2.35. The number of sulfonamides is 1. The summed E-state index contributed by atoms with van der Waals surface area (Å²) in [6.45, 7) is 4.24. The van der Waals surface area contributed by atoms with Crippen molar-refractivity contribution in [3.63, 3.8) is 0 Å². The lowest BCUT2D eigenvalue weighted by atomic mass is 9.97. The second kappa shape index (κ2) is 9.62. The molecule has 0 bridgehead atoms. The number of methoxy groups -OCH3 is 1. The van der Waals surface area contributed by atoms with Crippen molar-refractivity contribution in [2.45, 2.75) is 38.0 Å². The van der Waals surface area contributed by atoms with E-state index >= 15 is 0 Å². The zero-order valence-electron chi connectivity index (χ0n) is 18.7. The smallest absolute Gasteiger partial charge is 0.244 e. The fourth-order valence-electron chi connectivity index (χ4n) is 3.81. The Labute approximate surface area is 196 Å². The largest absolute Gasteiger partial charge is 0.495 e. The summed E-state index contributed by atoms with van der Waals surface area (Å²) in [5, 5.41) is 6.85. The summed E-state index contributed by atoms with van der Waals surface area (Å²) in [5.41, 5.74) is 0.606. The predicted molar refractivity (Wildman–Crippen MR) is 125 cm³/mol. The summed E-state index contributed by atoms with van der Waals surface area (Å²) < 4.78 is 38.5. The van der Waals surface area contributed by atoms with Crippen LogP contribution in [0.4, 0.5) is 5.69 Å². The van der Waals surface area contributed by atoms with Gasteiger partial charge in [0.25, 0.3) is 0 Å². The number of carbonyl (C=O) groups excluding carboxylic acids is 1. The maximum absolute atomic E-state index is 13.3. The highest BCUT2D eigenvalue weighted by molar-refractivity contribution is 7.89. The van der Waals surface area contributed by atoms with Gasteiger partial charge >= 0.3 is 0 Å². The first kappa shape index (κ1) is 23.4. The topological polar surface area (TPSA) is 115 Å². The normalized spacial score (nSPS) is 15.5. The molecule has 9 nitrogen and oxygen atoms in total. The Kier molecular flexibility index (Phi) is 6.82. The van der Waals surface area contributed by atoms with Gasteiger partial charge in [0.1, 0.15) is 5.75 Å². The number of hydrogen-bond donors (Lipinski definition) is 1. The van der Waals surface area contributed by atoms with Crippen LogP contribution in [-0.4, -0.2) is 49.0 Å². The molecule has 11 heteroatoms. The monoisotopic (exact) mass is 490 g/mol. The van der Waals surface area contributed by atoms with Gasteiger partial charge in [-0.1, -0.05) is 24.2 Å². The minimum Gasteiger partial charge on any atom is -0.495 e. The molecule has 4 rings (SSSR count). The number of nitrogens with zero attached hydrogens (tertiary/aromatic N) is 3. The fourth-order valence-corrected chi connectivity index (χ4v) is 6.77. The van der Waals surface area contributed by atoms with Gasteiger partial charge in [0.05, 0.1) is 22.6 Å². The van der Waals surface area contributed by atoms with Crippen molar-refractivity contribution < 1.29 is 22.5 Å². The molecular weight excluding hydrogens is 464 g/mol. The van der Waals surface area contributed by atoms with Crippen LogP contribution in [0.1, 0.15) is 30.5 Å². The van der Waals surface area contributed by atoms with Crippen LogP contribution in [0.2, 0.25) is 0 Å². The molecule has 0 spiro atoms. The minimum atomic E-state index is -3.69. The number of rotatable bonds is 7. The molecule has 0 saturated carbocycles. The number of thiophene rings is 1. The van der Waals surface area contributed by atoms with E-state index in [1.807, 2.05) is 19.1 Å². The van der Waals surface area contributed by atoms with Crippen molar-refractivity contribution in [3.05, 3.63) is 41.1 Å². The van der Waals surface area contributed by atoms with Crippen LogP contribution >= 0.6 is 11.3 Å². The van der Waals surface area contributed by atoms with E-state index in [0.29, 0.717) is 52.2 Å². The van der Waals surface area contributed by atoms with Gasteiger partial charge < -0.3 is 14.6 Å². The molecule has 1 fully saturated rings. The third kappa shape index (κ3) is 4.80. The molecule has 1 aliphatic rings. The van der Waals surface area contributed by atoms with Crippen LogP contribution in [0.15, 0.2) is 39.8 Å². The summed E-state index contributed by atoms with van der Waals surface area (Å²) in [6.07, 6.45) is 1.50. The summed E-state index contributed by atoms with van der Waals surface area (Å²) in [7, 11) is -2.14. The molecular formula is C22H26N4O5S2. The molecule has 1 amide bonds. The van der Waals surface area contributed by atoms with Crippen molar-refractivity contribution in [3.8, 4) is 16.5 Å². The summed E-state index contributed by atoms with van der Waals surface area (Å²) in [6, 6.07) is 8.82. The Morgan fingerprint density at radius 3 is 2.70 bits per heavy atom. The van der Waals surface area contributed by atoms with E-state index in [1.165, 1.54) is 15.6 Å². The van der Waals surface area contributed by atoms with E-state index in [-0.39, 0.29) is 29.8 Å². The fraction of sp³-hybridized carbons (Fsp3) is 0.409. The lowest BCUT2D eigenvalue weighted by molar-refractivity contribution is -0.120. The highest BCUT2D eigenvalue weighted by atomic mass is 32.2. The zero-order chi connectivity index (χ0) is 23.6. The van der Waals surface area contributed by atoms with E-state index in [4.69, 9.17) is 9.26 Å². The molecule has 0 unspecified atom stereocenters. The number of carbonyl (C=O) groups is 1. The minimum absolute atomic E-state index is 0.130. The van der Waals surface area contributed by atoms with Gasteiger partial charge in [0, 0.05) is 30.3 Å². The van der Waals surface area contributed by atoms with E-state index in [0.717, 1.165) is 0 Å². The first-order chi connectivity index (χ1) is 15.8. The van der Waals surface area contributed by atoms with Gasteiger partial charge in [-0.25, -0.2) is 8.42 Å². The molecule has 1 aromatic carbocycles. The number of aryl methyl sites for hydroxylation is 2. The van der Waals surface area contributed by atoms with Gasteiger partial charge in [-0.2, -0.15) is 9.29 Å². The van der Waals surface area contributed by atoms with Gasteiger partial charge in [-0.3, -0.25) is 4.79 Å². The number of para-hydroxylation sites is 2. The Morgan fingerprint density at radius 1 is 1.30 bits per heavy atom. The van der Waals surface area contributed by atoms with Gasteiger partial charge in [-0.05, 0) is 38.0 Å². The quantitative estimate of drug-likeness (QED) is 0.537. The molecule has 2 aromatic heterocycles. The van der Waals surface area contributed by atoms with Gasteiger partial charge in [0.2, 0.25) is 27.6 Å².